The summed E-state index contributed by atoms with van der Waals surface area (Å²) >= 11 is 0. The molecule has 1 aromatic carbocycles. The lowest BCUT2D eigenvalue weighted by molar-refractivity contribution is 0.108. The third-order valence-corrected chi connectivity index (χ3v) is 5.01. The van der Waals surface area contributed by atoms with Gasteiger partial charge in [-0.3, -0.25) is 4.99 Å². The number of ether oxygens (including phenoxy) is 1. The highest BCUT2D eigenvalue weighted by Gasteiger charge is 2.18. The molecule has 0 amide bonds. The highest BCUT2D eigenvalue weighted by molar-refractivity contribution is 14.0. The topological polar surface area (TPSA) is 79.8 Å². The molecule has 0 aliphatic rings. The van der Waals surface area contributed by atoms with E-state index in [9.17, 15) is 12.8 Å². The number of benzene rings is 1. The molecular formula is C17H29FIN3O3S. The summed E-state index contributed by atoms with van der Waals surface area (Å²) in [4.78, 5) is 3.75. The van der Waals surface area contributed by atoms with Crippen LogP contribution in [-0.4, -0.2) is 53.5 Å². The Morgan fingerprint density at radius 3 is 2.50 bits per heavy atom. The highest BCUT2D eigenvalue weighted by atomic mass is 127. The molecule has 1 rings (SSSR count). The van der Waals surface area contributed by atoms with E-state index in [1.807, 2.05) is 0 Å². The van der Waals surface area contributed by atoms with Crippen LogP contribution in [0.2, 0.25) is 0 Å². The molecule has 9 heteroatoms. The molecule has 0 atom stereocenters. The standard InChI is InChI=1S/C17H28FN3O3S.HI/c1-14(2)13-24-11-6-9-20-17(19-3)21-10-12-25(22,23)16-8-5-4-7-15(16)18;/h4-5,7-8,14H,6,9-13H2,1-3H3,(H2,19,20,21);1H. The zero-order valence-electron chi connectivity index (χ0n) is 15.5. The third kappa shape index (κ3) is 9.67. The lowest BCUT2D eigenvalue weighted by atomic mass is 10.2. The summed E-state index contributed by atoms with van der Waals surface area (Å²) in [5.74, 6) is 0.0735. The number of rotatable bonds is 10. The van der Waals surface area contributed by atoms with Gasteiger partial charge >= 0.3 is 0 Å². The summed E-state index contributed by atoms with van der Waals surface area (Å²) in [6.45, 7) is 6.39. The fraction of sp³-hybridized carbons (Fsp3) is 0.588. The zero-order chi connectivity index (χ0) is 18.7. The molecule has 2 N–H and O–H groups in total. The van der Waals surface area contributed by atoms with Crippen molar-refractivity contribution in [3.05, 3.63) is 30.1 Å². The Hall–Kier alpha value is -0.940. The van der Waals surface area contributed by atoms with Crippen LogP contribution in [0, 0.1) is 11.7 Å². The second-order valence-corrected chi connectivity index (χ2v) is 8.07. The van der Waals surface area contributed by atoms with Gasteiger partial charge in [-0.15, -0.1) is 24.0 Å². The van der Waals surface area contributed by atoms with Crippen LogP contribution in [0.15, 0.2) is 34.2 Å². The van der Waals surface area contributed by atoms with Gasteiger partial charge in [-0.05, 0) is 24.5 Å². The Kier molecular flexibility index (Phi) is 12.8. The van der Waals surface area contributed by atoms with E-state index in [0.29, 0.717) is 25.0 Å². The maximum absolute atomic E-state index is 13.6. The number of nitrogens with one attached hydrogen (secondary N) is 2. The van der Waals surface area contributed by atoms with Gasteiger partial charge in [-0.25, -0.2) is 12.8 Å². The predicted molar refractivity (Wildman–Crippen MR) is 114 cm³/mol. The van der Waals surface area contributed by atoms with Crippen LogP contribution < -0.4 is 10.6 Å². The molecule has 1 aromatic rings. The normalized spacial score (nSPS) is 12.0. The molecule has 0 unspecified atom stereocenters. The first kappa shape index (κ1) is 25.1. The van der Waals surface area contributed by atoms with Gasteiger partial charge < -0.3 is 15.4 Å². The van der Waals surface area contributed by atoms with Gasteiger partial charge in [0.25, 0.3) is 0 Å². The molecule has 6 nitrogen and oxygen atoms in total. The van der Waals surface area contributed by atoms with Crippen molar-refractivity contribution in [3.63, 3.8) is 0 Å². The first-order chi connectivity index (χ1) is 11.9. The second-order valence-electron chi connectivity index (χ2n) is 6.00. The first-order valence-corrected chi connectivity index (χ1v) is 10.0. The summed E-state index contributed by atoms with van der Waals surface area (Å²) in [6, 6.07) is 5.38. The fourth-order valence-corrected chi connectivity index (χ4v) is 3.27. The van der Waals surface area contributed by atoms with Gasteiger partial charge in [0.2, 0.25) is 0 Å². The Balaban J connectivity index is 0.00000625. The number of nitrogens with zero attached hydrogens (tertiary/aromatic N) is 1. The SMILES string of the molecule is CN=C(NCCCOCC(C)C)NCCS(=O)(=O)c1ccccc1F.I. The van der Waals surface area contributed by atoms with Crippen LogP contribution in [0.1, 0.15) is 20.3 Å². The summed E-state index contributed by atoms with van der Waals surface area (Å²) < 4.78 is 43.4. The molecule has 0 spiro atoms. The molecule has 0 aromatic heterocycles. The largest absolute Gasteiger partial charge is 0.381 e. The maximum Gasteiger partial charge on any atom is 0.191 e. The van der Waals surface area contributed by atoms with Crippen molar-refractivity contribution >= 4 is 39.8 Å². The molecular weight excluding hydrogens is 472 g/mol. The van der Waals surface area contributed by atoms with E-state index in [4.69, 9.17) is 4.74 Å². The number of hydrogen-bond acceptors (Lipinski definition) is 4. The number of guanidine groups is 1. The molecule has 0 radical (unpaired) electrons. The Morgan fingerprint density at radius 1 is 1.23 bits per heavy atom. The van der Waals surface area contributed by atoms with Crippen molar-refractivity contribution in [2.45, 2.75) is 25.2 Å². The third-order valence-electron chi connectivity index (χ3n) is 3.27. The number of halogens is 2. The Bertz CT molecular complexity index is 654. The lowest BCUT2D eigenvalue weighted by Crippen LogP contribution is -2.40. The quantitative estimate of drug-likeness (QED) is 0.223. The van der Waals surface area contributed by atoms with Crippen molar-refractivity contribution in [3.8, 4) is 0 Å². The smallest absolute Gasteiger partial charge is 0.191 e. The number of sulfone groups is 1. The average Bonchev–Trinajstić information content (AvgIpc) is 2.56. The molecule has 150 valence electrons. The van der Waals surface area contributed by atoms with Crippen molar-refractivity contribution in [1.82, 2.24) is 10.6 Å². The van der Waals surface area contributed by atoms with E-state index in [0.717, 1.165) is 19.1 Å². The molecule has 0 aliphatic heterocycles. The van der Waals surface area contributed by atoms with Gasteiger partial charge in [-0.1, -0.05) is 26.0 Å². The highest BCUT2D eigenvalue weighted by Crippen LogP contribution is 2.14. The maximum atomic E-state index is 13.6. The minimum absolute atomic E-state index is 0. The molecule has 26 heavy (non-hydrogen) atoms. The van der Waals surface area contributed by atoms with E-state index in [1.165, 1.54) is 18.2 Å². The van der Waals surface area contributed by atoms with Crippen LogP contribution in [-0.2, 0) is 14.6 Å². The van der Waals surface area contributed by atoms with Crippen molar-refractivity contribution in [1.29, 1.82) is 0 Å². The number of aliphatic imine (C=N–C) groups is 1. The van der Waals surface area contributed by atoms with Crippen LogP contribution in [0.3, 0.4) is 0 Å². The average molecular weight is 501 g/mol. The van der Waals surface area contributed by atoms with E-state index < -0.39 is 15.7 Å². The summed E-state index contributed by atoms with van der Waals surface area (Å²) in [7, 11) is -2.07. The number of hydrogen-bond donors (Lipinski definition) is 2. The lowest BCUT2D eigenvalue weighted by Gasteiger charge is -2.12. The van der Waals surface area contributed by atoms with Gasteiger partial charge in [0, 0.05) is 33.4 Å². The summed E-state index contributed by atoms with van der Waals surface area (Å²) in [5.41, 5.74) is 0. The van der Waals surface area contributed by atoms with Gasteiger partial charge in [0.05, 0.1) is 5.75 Å². The molecule has 0 bridgehead atoms. The van der Waals surface area contributed by atoms with E-state index in [2.05, 4.69) is 29.5 Å². The molecule has 0 saturated heterocycles. The van der Waals surface area contributed by atoms with Crippen LogP contribution in [0.25, 0.3) is 0 Å². The predicted octanol–water partition coefficient (Wildman–Crippen LogP) is 2.45. The second kappa shape index (κ2) is 13.3. The van der Waals surface area contributed by atoms with E-state index in [-0.39, 0.29) is 41.2 Å². The monoisotopic (exact) mass is 501 g/mol. The van der Waals surface area contributed by atoms with Crippen LogP contribution in [0.4, 0.5) is 4.39 Å². The Labute approximate surface area is 172 Å². The zero-order valence-corrected chi connectivity index (χ0v) is 18.6. The fourth-order valence-electron chi connectivity index (χ4n) is 2.03. The van der Waals surface area contributed by atoms with Crippen molar-refractivity contribution in [2.75, 3.05) is 39.1 Å². The first-order valence-electron chi connectivity index (χ1n) is 8.36. The molecule has 0 saturated carbocycles. The minimum atomic E-state index is -3.68. The van der Waals surface area contributed by atoms with Crippen molar-refractivity contribution in [2.24, 2.45) is 10.9 Å². The van der Waals surface area contributed by atoms with Crippen molar-refractivity contribution < 1.29 is 17.5 Å². The minimum Gasteiger partial charge on any atom is -0.381 e. The molecule has 0 fully saturated rings. The Morgan fingerprint density at radius 2 is 1.88 bits per heavy atom. The van der Waals surface area contributed by atoms with Crippen LogP contribution >= 0.6 is 24.0 Å². The van der Waals surface area contributed by atoms with Gasteiger partial charge in [-0.2, -0.15) is 0 Å². The van der Waals surface area contributed by atoms with Gasteiger partial charge in [0.15, 0.2) is 15.8 Å². The molecule has 0 aliphatic carbocycles. The van der Waals surface area contributed by atoms with Crippen LogP contribution in [0.5, 0.6) is 0 Å². The summed E-state index contributed by atoms with van der Waals surface area (Å²) in [6.07, 6.45) is 0.820. The molecule has 0 heterocycles. The summed E-state index contributed by atoms with van der Waals surface area (Å²) in [5, 5.41) is 6.01. The van der Waals surface area contributed by atoms with E-state index in [1.54, 1.807) is 7.05 Å². The van der Waals surface area contributed by atoms with Gasteiger partial charge in [0.1, 0.15) is 10.7 Å². The van der Waals surface area contributed by atoms with E-state index >= 15 is 0 Å².